The molecule has 134 valence electrons. The average Bonchev–Trinajstić information content (AvgIpc) is 2.58. The summed E-state index contributed by atoms with van der Waals surface area (Å²) in [5.74, 6) is -0.227. The molecular formula is C21H20ClNO3. The van der Waals surface area contributed by atoms with E-state index in [0.29, 0.717) is 16.2 Å². The lowest BCUT2D eigenvalue weighted by atomic mass is 9.86. The first-order chi connectivity index (χ1) is 12.2. The molecule has 0 saturated heterocycles. The lowest BCUT2D eigenvalue weighted by molar-refractivity contribution is 0.0951. The van der Waals surface area contributed by atoms with E-state index in [9.17, 15) is 9.59 Å². The topological polar surface area (TPSA) is 59.3 Å². The summed E-state index contributed by atoms with van der Waals surface area (Å²) in [6, 6.07) is 13.9. The predicted molar refractivity (Wildman–Crippen MR) is 104 cm³/mol. The maximum Gasteiger partial charge on any atom is 0.336 e. The van der Waals surface area contributed by atoms with Crippen molar-refractivity contribution in [3.8, 4) is 0 Å². The first kappa shape index (κ1) is 18.2. The van der Waals surface area contributed by atoms with E-state index in [1.807, 2.05) is 18.2 Å². The van der Waals surface area contributed by atoms with Gasteiger partial charge < -0.3 is 9.73 Å². The van der Waals surface area contributed by atoms with Gasteiger partial charge in [-0.2, -0.15) is 0 Å². The SMILES string of the molecule is CC(C)(C)c1ccc2oc(=O)cc(CNC(=O)c3ccc(Cl)cc3)c2c1. The molecule has 0 unspecified atom stereocenters. The molecule has 4 nitrogen and oxygen atoms in total. The standard InChI is InChI=1S/C21H20ClNO3/c1-21(2,3)15-6-9-18-17(11-15)14(10-19(24)26-18)12-23-20(25)13-4-7-16(22)8-5-13/h4-11H,12H2,1-3H3,(H,23,25). The Morgan fingerprint density at radius 1 is 1.08 bits per heavy atom. The number of fused-ring (bicyclic) bond motifs is 1. The van der Waals surface area contributed by atoms with E-state index in [-0.39, 0.29) is 17.9 Å². The Bertz CT molecular complexity index is 1010. The molecule has 0 bridgehead atoms. The quantitative estimate of drug-likeness (QED) is 0.682. The molecule has 1 heterocycles. The largest absolute Gasteiger partial charge is 0.423 e. The van der Waals surface area contributed by atoms with Crippen LogP contribution in [-0.4, -0.2) is 5.91 Å². The summed E-state index contributed by atoms with van der Waals surface area (Å²) in [5.41, 5.74) is 2.41. The summed E-state index contributed by atoms with van der Waals surface area (Å²) >= 11 is 5.85. The Balaban J connectivity index is 1.92. The molecule has 0 radical (unpaired) electrons. The van der Waals surface area contributed by atoms with Gasteiger partial charge in [0.2, 0.25) is 0 Å². The summed E-state index contributed by atoms with van der Waals surface area (Å²) in [7, 11) is 0. The van der Waals surface area contributed by atoms with Gasteiger partial charge in [-0.1, -0.05) is 38.4 Å². The van der Waals surface area contributed by atoms with Gasteiger partial charge in [0, 0.05) is 28.6 Å². The van der Waals surface area contributed by atoms with Crippen LogP contribution in [0.4, 0.5) is 0 Å². The highest BCUT2D eigenvalue weighted by Crippen LogP contribution is 2.27. The average molecular weight is 370 g/mol. The Morgan fingerprint density at radius 3 is 2.42 bits per heavy atom. The van der Waals surface area contributed by atoms with E-state index < -0.39 is 5.63 Å². The van der Waals surface area contributed by atoms with Crippen molar-refractivity contribution >= 4 is 28.5 Å². The Kier molecular flexibility index (Phi) is 4.88. The number of amides is 1. The minimum atomic E-state index is -0.434. The number of benzene rings is 2. The van der Waals surface area contributed by atoms with Gasteiger partial charge in [-0.3, -0.25) is 4.79 Å². The normalized spacial score (nSPS) is 11.5. The summed E-state index contributed by atoms with van der Waals surface area (Å²) in [6.07, 6.45) is 0. The van der Waals surface area contributed by atoms with E-state index in [0.717, 1.165) is 16.5 Å². The minimum Gasteiger partial charge on any atom is -0.423 e. The molecule has 0 spiro atoms. The van der Waals surface area contributed by atoms with Crippen molar-refractivity contribution in [1.29, 1.82) is 0 Å². The summed E-state index contributed by atoms with van der Waals surface area (Å²) in [4.78, 5) is 24.2. The van der Waals surface area contributed by atoms with Crippen LogP contribution < -0.4 is 10.9 Å². The lowest BCUT2D eigenvalue weighted by Gasteiger charge is -2.19. The number of nitrogens with one attached hydrogen (secondary N) is 1. The van der Waals surface area contributed by atoms with Crippen LogP contribution in [0.15, 0.2) is 57.7 Å². The third-order valence-electron chi connectivity index (χ3n) is 4.24. The van der Waals surface area contributed by atoms with E-state index in [1.165, 1.54) is 6.07 Å². The van der Waals surface area contributed by atoms with Crippen LogP contribution in [-0.2, 0) is 12.0 Å². The summed E-state index contributed by atoms with van der Waals surface area (Å²) < 4.78 is 5.29. The van der Waals surface area contributed by atoms with Gasteiger partial charge in [0.05, 0.1) is 0 Å². The molecule has 1 N–H and O–H groups in total. The summed E-state index contributed by atoms with van der Waals surface area (Å²) in [5, 5.41) is 4.25. The molecule has 0 fully saturated rings. The van der Waals surface area contributed by atoms with Gasteiger partial charge in [-0.05, 0) is 52.9 Å². The van der Waals surface area contributed by atoms with Gasteiger partial charge in [0.15, 0.2) is 0 Å². The zero-order chi connectivity index (χ0) is 18.9. The zero-order valence-corrected chi connectivity index (χ0v) is 15.7. The highest BCUT2D eigenvalue weighted by atomic mass is 35.5. The molecule has 3 aromatic rings. The van der Waals surface area contributed by atoms with E-state index in [2.05, 4.69) is 26.1 Å². The van der Waals surface area contributed by atoms with Crippen molar-refractivity contribution in [3.05, 3.63) is 80.7 Å². The molecule has 5 heteroatoms. The zero-order valence-electron chi connectivity index (χ0n) is 14.9. The minimum absolute atomic E-state index is 0.0336. The van der Waals surface area contributed by atoms with Crippen molar-refractivity contribution in [2.75, 3.05) is 0 Å². The molecule has 0 atom stereocenters. The maximum atomic E-state index is 12.3. The molecule has 26 heavy (non-hydrogen) atoms. The van der Waals surface area contributed by atoms with Crippen molar-refractivity contribution in [2.24, 2.45) is 0 Å². The second-order valence-corrected chi connectivity index (χ2v) is 7.68. The van der Waals surface area contributed by atoms with Crippen LogP contribution in [0.5, 0.6) is 0 Å². The molecule has 0 aliphatic rings. The Labute approximate surface area is 156 Å². The smallest absolute Gasteiger partial charge is 0.336 e. The van der Waals surface area contributed by atoms with Crippen LogP contribution in [0, 0.1) is 0 Å². The number of hydrogen-bond donors (Lipinski definition) is 1. The molecule has 0 saturated carbocycles. The fraction of sp³-hybridized carbons (Fsp3) is 0.238. The second kappa shape index (κ2) is 6.96. The number of hydrogen-bond acceptors (Lipinski definition) is 3. The third kappa shape index (κ3) is 3.97. The molecule has 0 aliphatic heterocycles. The van der Waals surface area contributed by atoms with Crippen molar-refractivity contribution in [3.63, 3.8) is 0 Å². The van der Waals surface area contributed by atoms with Crippen LogP contribution in [0.3, 0.4) is 0 Å². The molecule has 3 rings (SSSR count). The number of carbonyl (C=O) groups excluding carboxylic acids is 1. The van der Waals surface area contributed by atoms with E-state index >= 15 is 0 Å². The van der Waals surface area contributed by atoms with Gasteiger partial charge >= 0.3 is 5.63 Å². The van der Waals surface area contributed by atoms with E-state index in [4.69, 9.17) is 16.0 Å². The van der Waals surface area contributed by atoms with Crippen LogP contribution in [0.2, 0.25) is 5.02 Å². The number of rotatable bonds is 3. The van der Waals surface area contributed by atoms with Crippen molar-refractivity contribution in [1.82, 2.24) is 5.32 Å². The maximum absolute atomic E-state index is 12.3. The predicted octanol–water partition coefficient (Wildman–Crippen LogP) is 4.67. The molecule has 1 aromatic heterocycles. The molecule has 0 aliphatic carbocycles. The fourth-order valence-corrected chi connectivity index (χ4v) is 2.85. The Morgan fingerprint density at radius 2 is 1.77 bits per heavy atom. The molecule has 2 aromatic carbocycles. The van der Waals surface area contributed by atoms with Crippen LogP contribution in [0.25, 0.3) is 11.0 Å². The Hall–Kier alpha value is -2.59. The second-order valence-electron chi connectivity index (χ2n) is 7.24. The van der Waals surface area contributed by atoms with Crippen LogP contribution >= 0.6 is 11.6 Å². The first-order valence-corrected chi connectivity index (χ1v) is 8.73. The monoisotopic (exact) mass is 369 g/mol. The highest BCUT2D eigenvalue weighted by molar-refractivity contribution is 6.30. The highest BCUT2D eigenvalue weighted by Gasteiger charge is 2.16. The van der Waals surface area contributed by atoms with Gasteiger partial charge in [-0.15, -0.1) is 0 Å². The number of halogens is 1. The van der Waals surface area contributed by atoms with Crippen molar-refractivity contribution < 1.29 is 9.21 Å². The number of carbonyl (C=O) groups is 1. The molecule has 1 amide bonds. The van der Waals surface area contributed by atoms with Crippen molar-refractivity contribution in [2.45, 2.75) is 32.7 Å². The van der Waals surface area contributed by atoms with Crippen LogP contribution in [0.1, 0.15) is 42.3 Å². The van der Waals surface area contributed by atoms with E-state index in [1.54, 1.807) is 24.3 Å². The van der Waals surface area contributed by atoms with Gasteiger partial charge in [-0.25, -0.2) is 4.79 Å². The van der Waals surface area contributed by atoms with Gasteiger partial charge in [0.1, 0.15) is 5.58 Å². The fourth-order valence-electron chi connectivity index (χ4n) is 2.72. The lowest BCUT2D eigenvalue weighted by Crippen LogP contribution is -2.23. The third-order valence-corrected chi connectivity index (χ3v) is 4.49. The summed E-state index contributed by atoms with van der Waals surface area (Å²) in [6.45, 7) is 6.59. The first-order valence-electron chi connectivity index (χ1n) is 8.35. The van der Waals surface area contributed by atoms with Gasteiger partial charge in [0.25, 0.3) is 5.91 Å². The molecular weight excluding hydrogens is 350 g/mol.